The molecule has 2 atom stereocenters. The highest BCUT2D eigenvalue weighted by atomic mass is 32.2. The third-order valence-corrected chi connectivity index (χ3v) is 8.08. The van der Waals surface area contributed by atoms with E-state index < -0.39 is 10.8 Å². The largest absolute Gasteiger partial charge is 0.343 e. The maximum Gasteiger partial charge on any atom is 0.0498 e. The quantitative estimate of drug-likeness (QED) is 0.765. The molecule has 1 aliphatic carbocycles. The van der Waals surface area contributed by atoms with Crippen LogP contribution >= 0.6 is 11.8 Å². The monoisotopic (exact) mass is 405 g/mol. The molecule has 0 N–H and O–H groups in total. The second-order valence-electron chi connectivity index (χ2n) is 8.02. The molecule has 2 unspecified atom stereocenters. The van der Waals surface area contributed by atoms with Crippen molar-refractivity contribution < 1.29 is 4.21 Å². The molecule has 1 aromatic carbocycles. The Kier molecular flexibility index (Phi) is 5.97. The summed E-state index contributed by atoms with van der Waals surface area (Å²) < 4.78 is 14.6. The minimum absolute atomic E-state index is 0.603. The highest BCUT2D eigenvalue weighted by Gasteiger charge is 2.27. The second-order valence-corrected chi connectivity index (χ2v) is 10.6. The van der Waals surface area contributed by atoms with Crippen LogP contribution in [0.25, 0.3) is 10.9 Å². The van der Waals surface area contributed by atoms with Gasteiger partial charge in [0.1, 0.15) is 0 Å². The lowest BCUT2D eigenvalue weighted by Crippen LogP contribution is -2.36. The van der Waals surface area contributed by atoms with Crippen LogP contribution in [0.1, 0.15) is 17.7 Å². The maximum absolute atomic E-state index is 12.1. The van der Waals surface area contributed by atoms with Crippen molar-refractivity contribution in [1.29, 1.82) is 0 Å². The van der Waals surface area contributed by atoms with E-state index in [4.69, 9.17) is 0 Å². The Balaban J connectivity index is 1.70. The molecule has 148 valence electrons. The van der Waals surface area contributed by atoms with Crippen molar-refractivity contribution in [2.24, 2.45) is 0 Å². The van der Waals surface area contributed by atoms with E-state index in [0.717, 1.165) is 30.8 Å². The fourth-order valence-electron chi connectivity index (χ4n) is 4.55. The first-order valence-corrected chi connectivity index (χ1v) is 12.7. The zero-order chi connectivity index (χ0) is 19.0. The fourth-order valence-corrected chi connectivity index (χ4v) is 6.07. The van der Waals surface area contributed by atoms with Gasteiger partial charge in [0.25, 0.3) is 0 Å². The molecular formula is C21H31N3OS2. The van der Waals surface area contributed by atoms with Crippen LogP contribution in [0.2, 0.25) is 0 Å². The molecule has 0 bridgehead atoms. The number of aromatic nitrogens is 1. The molecule has 2 aromatic rings. The Morgan fingerprint density at radius 1 is 1.22 bits per heavy atom. The van der Waals surface area contributed by atoms with E-state index in [2.05, 4.69) is 58.4 Å². The van der Waals surface area contributed by atoms with E-state index in [1.807, 2.05) is 0 Å². The summed E-state index contributed by atoms with van der Waals surface area (Å²) in [6.45, 7) is 4.63. The zero-order valence-electron chi connectivity index (χ0n) is 16.7. The van der Waals surface area contributed by atoms with Crippen LogP contribution in [-0.4, -0.2) is 76.1 Å². The molecule has 0 saturated carbocycles. The molecular weight excluding hydrogens is 374 g/mol. The van der Waals surface area contributed by atoms with Crippen LogP contribution in [0.15, 0.2) is 23.1 Å². The van der Waals surface area contributed by atoms with Crippen LogP contribution in [0.4, 0.5) is 0 Å². The molecule has 4 rings (SSSR count). The number of nitrogens with zero attached hydrogens (tertiary/aromatic N) is 3. The van der Waals surface area contributed by atoms with Crippen molar-refractivity contribution in [3.8, 4) is 0 Å². The van der Waals surface area contributed by atoms with E-state index in [9.17, 15) is 4.21 Å². The zero-order valence-corrected chi connectivity index (χ0v) is 18.4. The number of thioether (sulfide) groups is 1. The number of hydrogen-bond donors (Lipinski definition) is 0. The molecule has 6 heteroatoms. The van der Waals surface area contributed by atoms with Gasteiger partial charge < -0.3 is 9.47 Å². The van der Waals surface area contributed by atoms with Crippen molar-refractivity contribution in [2.45, 2.75) is 36.7 Å². The predicted molar refractivity (Wildman–Crippen MR) is 118 cm³/mol. The predicted octanol–water partition coefficient (Wildman–Crippen LogP) is 2.85. The summed E-state index contributed by atoms with van der Waals surface area (Å²) in [6, 6.07) is 7.06. The number of rotatable bonds is 5. The molecule has 0 spiro atoms. The topological polar surface area (TPSA) is 28.5 Å². The van der Waals surface area contributed by atoms with Crippen LogP contribution < -0.4 is 0 Å². The van der Waals surface area contributed by atoms with E-state index in [0.29, 0.717) is 6.04 Å². The van der Waals surface area contributed by atoms with E-state index >= 15 is 0 Å². The minimum Gasteiger partial charge on any atom is -0.343 e. The van der Waals surface area contributed by atoms with Gasteiger partial charge in [0.2, 0.25) is 0 Å². The van der Waals surface area contributed by atoms with Gasteiger partial charge in [0.05, 0.1) is 0 Å². The number of likely N-dealkylation sites (N-methyl/N-ethyl adjacent to an activating group) is 1. The van der Waals surface area contributed by atoms with Crippen molar-refractivity contribution >= 4 is 33.5 Å². The van der Waals surface area contributed by atoms with Gasteiger partial charge in [-0.25, -0.2) is 0 Å². The van der Waals surface area contributed by atoms with E-state index in [-0.39, 0.29) is 0 Å². The third-order valence-electron chi connectivity index (χ3n) is 6.22. The molecule has 1 aliphatic heterocycles. The molecule has 27 heavy (non-hydrogen) atoms. The Morgan fingerprint density at radius 3 is 2.70 bits per heavy atom. The number of hydrogen-bond acceptors (Lipinski definition) is 4. The lowest BCUT2D eigenvalue weighted by atomic mass is 9.91. The minimum atomic E-state index is -0.932. The molecule has 2 aliphatic rings. The van der Waals surface area contributed by atoms with E-state index in [1.54, 1.807) is 6.26 Å². The van der Waals surface area contributed by atoms with Crippen LogP contribution in [0, 0.1) is 0 Å². The summed E-state index contributed by atoms with van der Waals surface area (Å²) in [5.41, 5.74) is 4.35. The maximum atomic E-state index is 12.1. The standard InChI is InChI=1S/C21H31N3OS2/c1-22(2)16-4-6-20-18(14-16)19-15-17(27(3)25)5-7-21(19)24(20)9-8-23-10-12-26-13-11-23/h5,7,15-16H,4,6,8-14H2,1-3H3. The SMILES string of the molecule is CN(C)C1CCc2c(c3cc(S(C)=O)ccc3n2CCN2CCSCC2)C1. The average molecular weight is 406 g/mol. The average Bonchev–Trinajstić information content (AvgIpc) is 2.99. The van der Waals surface area contributed by atoms with Crippen LogP contribution in [0.5, 0.6) is 0 Å². The Bertz CT molecular complexity index is 840. The second kappa shape index (κ2) is 8.27. The first-order chi connectivity index (χ1) is 13.0. The first-order valence-electron chi connectivity index (χ1n) is 9.98. The third kappa shape index (κ3) is 4.00. The molecule has 1 aromatic heterocycles. The number of benzene rings is 1. The highest BCUT2D eigenvalue weighted by molar-refractivity contribution is 7.99. The first kappa shape index (κ1) is 19.5. The summed E-state index contributed by atoms with van der Waals surface area (Å²) in [5, 5.41) is 1.33. The summed E-state index contributed by atoms with van der Waals surface area (Å²) in [4.78, 5) is 5.91. The lowest BCUT2D eigenvalue weighted by Gasteiger charge is -2.30. The highest BCUT2D eigenvalue weighted by Crippen LogP contribution is 2.34. The van der Waals surface area contributed by atoms with Crippen molar-refractivity contribution in [3.05, 3.63) is 29.5 Å². The number of fused-ring (bicyclic) bond motifs is 3. The molecule has 1 fully saturated rings. The van der Waals surface area contributed by atoms with Gasteiger partial charge in [-0.1, -0.05) is 0 Å². The normalized spacial score (nSPS) is 22.3. The molecule has 1 saturated heterocycles. The van der Waals surface area contributed by atoms with Gasteiger partial charge in [-0.3, -0.25) is 9.11 Å². The Hall–Kier alpha value is -0.820. The smallest absolute Gasteiger partial charge is 0.0498 e. The van der Waals surface area contributed by atoms with Crippen LogP contribution in [0.3, 0.4) is 0 Å². The molecule has 0 amide bonds. The molecule has 2 heterocycles. The molecule has 4 nitrogen and oxygen atoms in total. The van der Waals surface area contributed by atoms with Gasteiger partial charge in [0.15, 0.2) is 0 Å². The van der Waals surface area contributed by atoms with Gasteiger partial charge in [-0.2, -0.15) is 11.8 Å². The fraction of sp³-hybridized carbons (Fsp3) is 0.619. The van der Waals surface area contributed by atoms with Gasteiger partial charge >= 0.3 is 0 Å². The summed E-state index contributed by atoms with van der Waals surface area (Å²) in [7, 11) is 3.45. The van der Waals surface area contributed by atoms with Crippen LogP contribution in [-0.2, 0) is 30.2 Å². The Morgan fingerprint density at radius 2 is 2.00 bits per heavy atom. The van der Waals surface area contributed by atoms with E-state index in [1.165, 1.54) is 53.2 Å². The van der Waals surface area contributed by atoms with Gasteiger partial charge in [0, 0.05) is 82.3 Å². The van der Waals surface area contributed by atoms with Crippen molar-refractivity contribution in [1.82, 2.24) is 14.4 Å². The van der Waals surface area contributed by atoms with Crippen molar-refractivity contribution in [2.75, 3.05) is 51.5 Å². The van der Waals surface area contributed by atoms with Gasteiger partial charge in [-0.15, -0.1) is 0 Å². The summed E-state index contributed by atoms with van der Waals surface area (Å²) in [6.07, 6.45) is 5.25. The summed E-state index contributed by atoms with van der Waals surface area (Å²) in [5.74, 6) is 2.53. The molecule has 0 radical (unpaired) electrons. The Labute approximate surface area is 169 Å². The van der Waals surface area contributed by atoms with Crippen molar-refractivity contribution in [3.63, 3.8) is 0 Å². The van der Waals surface area contributed by atoms with Gasteiger partial charge in [-0.05, 0) is 57.1 Å². The summed E-state index contributed by atoms with van der Waals surface area (Å²) >= 11 is 2.07. The lowest BCUT2D eigenvalue weighted by molar-refractivity contribution is 0.263.